The Morgan fingerprint density at radius 1 is 1.18 bits per heavy atom. The first-order chi connectivity index (χ1) is 12.9. The maximum absolute atomic E-state index is 12.7. The van der Waals surface area contributed by atoms with Crippen molar-refractivity contribution in [1.82, 2.24) is 0 Å². The predicted octanol–water partition coefficient (Wildman–Crippen LogP) is 4.00. The lowest BCUT2D eigenvalue weighted by molar-refractivity contribution is -0.384. The maximum Gasteiger partial charge on any atom is 0.271 e. The lowest BCUT2D eigenvalue weighted by atomic mass is 10.1. The lowest BCUT2D eigenvalue weighted by Crippen LogP contribution is -2.45. The summed E-state index contributed by atoms with van der Waals surface area (Å²) in [6, 6.07) is 7.06. The number of nitro benzene ring substituents is 1. The molecule has 0 bridgehead atoms. The van der Waals surface area contributed by atoms with Crippen LogP contribution in [-0.2, 0) is 14.8 Å². The normalized spacial score (nSPS) is 12.3. The SMILES string of the molecule is Cc1ccc([N+](=O)[O-])cc1N(C(C)C(=O)Nc1ccc(Cl)c(Cl)c1)S(C)(=O)=O. The summed E-state index contributed by atoms with van der Waals surface area (Å²) in [5, 5.41) is 14.2. The number of aryl methyl sites for hydroxylation is 1. The molecule has 0 spiro atoms. The first kappa shape index (κ1) is 21.9. The van der Waals surface area contributed by atoms with E-state index >= 15 is 0 Å². The van der Waals surface area contributed by atoms with E-state index in [-0.39, 0.29) is 16.4 Å². The van der Waals surface area contributed by atoms with Crippen LogP contribution in [0.3, 0.4) is 0 Å². The van der Waals surface area contributed by atoms with Gasteiger partial charge in [0.15, 0.2) is 0 Å². The van der Waals surface area contributed by atoms with Gasteiger partial charge in [0.05, 0.1) is 26.9 Å². The van der Waals surface area contributed by atoms with Crippen LogP contribution in [-0.4, -0.2) is 31.5 Å². The fourth-order valence-corrected chi connectivity index (χ4v) is 4.07. The van der Waals surface area contributed by atoms with Crippen molar-refractivity contribution in [3.63, 3.8) is 0 Å². The van der Waals surface area contributed by atoms with E-state index in [4.69, 9.17) is 23.2 Å². The van der Waals surface area contributed by atoms with Gasteiger partial charge < -0.3 is 5.32 Å². The molecule has 28 heavy (non-hydrogen) atoms. The summed E-state index contributed by atoms with van der Waals surface area (Å²) in [5.74, 6) is -0.644. The van der Waals surface area contributed by atoms with Crippen molar-refractivity contribution in [3.05, 3.63) is 62.1 Å². The Hall–Kier alpha value is -2.36. The quantitative estimate of drug-likeness (QED) is 0.533. The number of benzene rings is 2. The number of halogens is 2. The van der Waals surface area contributed by atoms with Crippen molar-refractivity contribution in [3.8, 4) is 0 Å². The van der Waals surface area contributed by atoms with Gasteiger partial charge in [0.25, 0.3) is 5.69 Å². The number of hydrogen-bond acceptors (Lipinski definition) is 5. The van der Waals surface area contributed by atoms with Gasteiger partial charge in [-0.1, -0.05) is 29.3 Å². The molecule has 0 radical (unpaired) electrons. The molecule has 1 amide bonds. The molecule has 150 valence electrons. The van der Waals surface area contributed by atoms with E-state index in [0.717, 1.165) is 16.6 Å². The molecule has 0 aliphatic rings. The third-order valence-corrected chi connectivity index (χ3v) is 5.88. The van der Waals surface area contributed by atoms with Crippen molar-refractivity contribution in [1.29, 1.82) is 0 Å². The van der Waals surface area contributed by atoms with Gasteiger partial charge in [-0.15, -0.1) is 0 Å². The smallest absolute Gasteiger partial charge is 0.271 e. The maximum atomic E-state index is 12.7. The first-order valence-corrected chi connectivity index (χ1v) is 10.5. The van der Waals surface area contributed by atoms with E-state index in [1.807, 2.05) is 0 Å². The molecular formula is C17H17Cl2N3O5S. The fourth-order valence-electron chi connectivity index (χ4n) is 2.55. The second-order valence-corrected chi connectivity index (χ2v) is 8.75. The van der Waals surface area contributed by atoms with Crippen molar-refractivity contribution in [2.24, 2.45) is 0 Å². The van der Waals surface area contributed by atoms with Crippen molar-refractivity contribution < 1.29 is 18.1 Å². The van der Waals surface area contributed by atoms with Gasteiger partial charge in [0.1, 0.15) is 6.04 Å². The second-order valence-electron chi connectivity index (χ2n) is 6.08. The van der Waals surface area contributed by atoms with E-state index in [0.29, 0.717) is 16.3 Å². The summed E-state index contributed by atoms with van der Waals surface area (Å²) in [7, 11) is -3.93. The molecule has 0 saturated heterocycles. The number of hydrogen-bond donors (Lipinski definition) is 1. The first-order valence-electron chi connectivity index (χ1n) is 7.92. The molecule has 0 aromatic heterocycles. The van der Waals surface area contributed by atoms with Crippen LogP contribution in [0.25, 0.3) is 0 Å². The number of non-ortho nitro benzene ring substituents is 1. The molecule has 11 heteroatoms. The monoisotopic (exact) mass is 445 g/mol. The Morgan fingerprint density at radius 2 is 1.82 bits per heavy atom. The number of carbonyl (C=O) groups excluding carboxylic acids is 1. The number of nitrogens with one attached hydrogen (secondary N) is 1. The van der Waals surface area contributed by atoms with Crippen LogP contribution in [0.5, 0.6) is 0 Å². The summed E-state index contributed by atoms with van der Waals surface area (Å²) in [6.45, 7) is 2.98. The number of carbonyl (C=O) groups is 1. The van der Waals surface area contributed by atoms with Gasteiger partial charge in [-0.2, -0.15) is 0 Å². The molecule has 1 atom stereocenters. The predicted molar refractivity (Wildman–Crippen MR) is 110 cm³/mol. The number of rotatable bonds is 6. The highest BCUT2D eigenvalue weighted by atomic mass is 35.5. The molecule has 0 aliphatic heterocycles. The van der Waals surface area contributed by atoms with Crippen molar-refractivity contribution in [2.45, 2.75) is 19.9 Å². The van der Waals surface area contributed by atoms with Gasteiger partial charge in [0, 0.05) is 17.8 Å². The molecule has 0 aliphatic carbocycles. The van der Waals surface area contributed by atoms with Crippen LogP contribution < -0.4 is 9.62 Å². The molecule has 0 fully saturated rings. The van der Waals surface area contributed by atoms with E-state index < -0.39 is 26.9 Å². The zero-order chi connectivity index (χ0) is 21.2. The summed E-state index contributed by atoms with van der Waals surface area (Å²) in [6.07, 6.45) is 0.925. The van der Waals surface area contributed by atoms with E-state index in [1.54, 1.807) is 6.92 Å². The average molecular weight is 446 g/mol. The van der Waals surface area contributed by atoms with Gasteiger partial charge in [-0.05, 0) is 37.6 Å². The summed E-state index contributed by atoms with van der Waals surface area (Å²) in [4.78, 5) is 23.1. The Kier molecular flexibility index (Phi) is 6.53. The van der Waals surface area contributed by atoms with Crippen LogP contribution >= 0.6 is 23.2 Å². The van der Waals surface area contributed by atoms with Gasteiger partial charge >= 0.3 is 0 Å². The number of nitro groups is 1. The summed E-state index contributed by atoms with van der Waals surface area (Å²) >= 11 is 11.8. The standard InChI is InChI=1S/C17H17Cl2N3O5S/c1-10-4-6-13(22(24)25)9-16(10)21(28(3,26)27)11(2)17(23)20-12-5-7-14(18)15(19)8-12/h4-9,11H,1-3H3,(H,20,23). The number of anilines is 2. The molecule has 0 saturated carbocycles. The molecule has 2 aromatic carbocycles. The van der Waals surface area contributed by atoms with Crippen LogP contribution in [0, 0.1) is 17.0 Å². The molecule has 1 N–H and O–H groups in total. The minimum absolute atomic E-state index is 0.0495. The topological polar surface area (TPSA) is 110 Å². The van der Waals surface area contributed by atoms with E-state index in [2.05, 4.69) is 5.32 Å². The molecule has 0 heterocycles. The molecule has 1 unspecified atom stereocenters. The Bertz CT molecular complexity index is 1040. The third-order valence-electron chi connectivity index (χ3n) is 3.92. The Labute approximate surface area is 172 Å². The zero-order valence-electron chi connectivity index (χ0n) is 15.1. The number of amides is 1. The fraction of sp³-hybridized carbons (Fsp3) is 0.235. The number of nitrogens with zero attached hydrogens (tertiary/aromatic N) is 2. The highest BCUT2D eigenvalue weighted by molar-refractivity contribution is 7.92. The van der Waals surface area contributed by atoms with E-state index in [9.17, 15) is 23.3 Å². The van der Waals surface area contributed by atoms with E-state index in [1.165, 1.54) is 37.3 Å². The average Bonchev–Trinajstić information content (AvgIpc) is 2.58. The highest BCUT2D eigenvalue weighted by Gasteiger charge is 2.31. The zero-order valence-corrected chi connectivity index (χ0v) is 17.5. The van der Waals surface area contributed by atoms with Gasteiger partial charge in [-0.25, -0.2) is 8.42 Å². The van der Waals surface area contributed by atoms with Crippen LogP contribution in [0.2, 0.25) is 10.0 Å². The largest absolute Gasteiger partial charge is 0.324 e. The minimum Gasteiger partial charge on any atom is -0.324 e. The van der Waals surface area contributed by atoms with Crippen LogP contribution in [0.4, 0.5) is 17.1 Å². The Morgan fingerprint density at radius 3 is 2.36 bits per heavy atom. The highest BCUT2D eigenvalue weighted by Crippen LogP contribution is 2.30. The molecule has 2 aromatic rings. The number of sulfonamides is 1. The second kappa shape index (κ2) is 8.34. The summed E-state index contributed by atoms with van der Waals surface area (Å²) < 4.78 is 25.6. The lowest BCUT2D eigenvalue weighted by Gasteiger charge is -2.29. The van der Waals surface area contributed by atoms with Crippen molar-refractivity contribution in [2.75, 3.05) is 15.9 Å². The third kappa shape index (κ3) is 4.92. The molecule has 8 nitrogen and oxygen atoms in total. The van der Waals surface area contributed by atoms with Crippen LogP contribution in [0.15, 0.2) is 36.4 Å². The Balaban J connectivity index is 2.43. The van der Waals surface area contributed by atoms with Crippen molar-refractivity contribution >= 4 is 56.2 Å². The minimum atomic E-state index is -3.93. The van der Waals surface area contributed by atoms with Crippen LogP contribution in [0.1, 0.15) is 12.5 Å². The molecular weight excluding hydrogens is 429 g/mol. The summed E-state index contributed by atoms with van der Waals surface area (Å²) in [5.41, 5.74) is 0.556. The van der Waals surface area contributed by atoms with Gasteiger partial charge in [-0.3, -0.25) is 19.2 Å². The molecule has 2 rings (SSSR count). The van der Waals surface area contributed by atoms with Gasteiger partial charge in [0.2, 0.25) is 15.9 Å².